The third-order valence-electron chi connectivity index (χ3n) is 2.42. The summed E-state index contributed by atoms with van der Waals surface area (Å²) in [6, 6.07) is 1.88. The smallest absolute Gasteiger partial charge is 0.139 e. The molecule has 2 rings (SSSR count). The molecule has 0 radical (unpaired) electrons. The van der Waals surface area contributed by atoms with E-state index in [0.29, 0.717) is 0 Å². The molecule has 0 aliphatic carbocycles. The summed E-state index contributed by atoms with van der Waals surface area (Å²) in [5.74, 6) is 0.855. The Labute approximate surface area is 109 Å². The highest BCUT2D eigenvalue weighted by Gasteiger charge is 2.19. The van der Waals surface area contributed by atoms with Gasteiger partial charge in [0.25, 0.3) is 0 Å². The maximum atomic E-state index is 5.51. The minimum atomic E-state index is -0.0134. The fraction of sp³-hybridized carbons (Fsp3) is 0.333. The first-order chi connectivity index (χ1) is 8.33. The average Bonchev–Trinajstić information content (AvgIpc) is 2.78. The van der Waals surface area contributed by atoms with Crippen LogP contribution in [0, 0.1) is 0 Å². The van der Waals surface area contributed by atoms with Crippen LogP contribution in [-0.2, 0) is 0 Å². The van der Waals surface area contributed by atoms with Gasteiger partial charge in [-0.25, -0.2) is 9.97 Å². The first-order valence-corrected chi connectivity index (χ1v) is 6.33. The summed E-state index contributed by atoms with van der Waals surface area (Å²) in [6.45, 7) is 3.04. The van der Waals surface area contributed by atoms with Crippen LogP contribution in [0.2, 0.25) is 0 Å². The molecular weight excluding hydrogens is 282 g/mol. The predicted octanol–water partition coefficient (Wildman–Crippen LogP) is 2.92. The summed E-state index contributed by atoms with van der Waals surface area (Å²) < 4.78 is 6.47. The van der Waals surface area contributed by atoms with Crippen molar-refractivity contribution >= 4 is 15.9 Å². The highest BCUT2D eigenvalue weighted by atomic mass is 79.9. The summed E-state index contributed by atoms with van der Waals surface area (Å²) in [6.07, 6.45) is 7.86. The molecule has 0 spiro atoms. The van der Waals surface area contributed by atoms with Gasteiger partial charge in [0.1, 0.15) is 12.1 Å². The molecule has 0 amide bonds. The Morgan fingerprint density at radius 3 is 2.76 bits per heavy atom. The molecule has 0 bridgehead atoms. The summed E-state index contributed by atoms with van der Waals surface area (Å²) in [4.78, 5) is 8.09. The Kier molecular flexibility index (Phi) is 4.28. The van der Waals surface area contributed by atoms with E-state index in [-0.39, 0.29) is 6.04 Å². The Hall–Kier alpha value is -1.20. The van der Waals surface area contributed by atoms with Gasteiger partial charge in [0, 0.05) is 18.0 Å². The molecule has 0 saturated carbocycles. The van der Waals surface area contributed by atoms with Gasteiger partial charge in [0.15, 0.2) is 0 Å². The van der Waals surface area contributed by atoms with Crippen LogP contribution in [0.3, 0.4) is 0 Å². The van der Waals surface area contributed by atoms with Crippen molar-refractivity contribution in [1.82, 2.24) is 15.3 Å². The zero-order chi connectivity index (χ0) is 12.1. The van der Waals surface area contributed by atoms with Crippen LogP contribution < -0.4 is 5.32 Å². The molecule has 1 atom stereocenters. The van der Waals surface area contributed by atoms with Crippen molar-refractivity contribution in [3.05, 3.63) is 46.8 Å². The first kappa shape index (κ1) is 12.3. The van der Waals surface area contributed by atoms with Crippen LogP contribution >= 0.6 is 15.9 Å². The van der Waals surface area contributed by atoms with E-state index in [0.717, 1.165) is 28.8 Å². The summed E-state index contributed by atoms with van der Waals surface area (Å²) in [7, 11) is 0. The van der Waals surface area contributed by atoms with E-state index in [1.54, 1.807) is 18.7 Å². The lowest BCUT2D eigenvalue weighted by Gasteiger charge is -2.16. The number of furan rings is 1. The molecule has 2 aromatic heterocycles. The van der Waals surface area contributed by atoms with Crippen molar-refractivity contribution in [3.63, 3.8) is 0 Å². The lowest BCUT2D eigenvalue weighted by Crippen LogP contribution is -2.23. The number of aromatic nitrogens is 2. The number of nitrogens with zero attached hydrogens (tertiary/aromatic N) is 2. The van der Waals surface area contributed by atoms with Crippen LogP contribution in [0.15, 0.2) is 39.9 Å². The zero-order valence-corrected chi connectivity index (χ0v) is 11.1. The van der Waals surface area contributed by atoms with Gasteiger partial charge in [-0.15, -0.1) is 0 Å². The van der Waals surface area contributed by atoms with Crippen molar-refractivity contribution in [2.75, 3.05) is 6.54 Å². The maximum Gasteiger partial charge on any atom is 0.139 e. The van der Waals surface area contributed by atoms with Crippen LogP contribution in [0.5, 0.6) is 0 Å². The number of halogens is 1. The van der Waals surface area contributed by atoms with Gasteiger partial charge in [-0.05, 0) is 35.0 Å². The fourth-order valence-electron chi connectivity index (χ4n) is 1.62. The Balaban J connectivity index is 2.29. The first-order valence-electron chi connectivity index (χ1n) is 5.54. The predicted molar refractivity (Wildman–Crippen MR) is 68.6 cm³/mol. The monoisotopic (exact) mass is 295 g/mol. The van der Waals surface area contributed by atoms with Crippen LogP contribution in [0.1, 0.15) is 30.7 Å². The molecule has 90 valence electrons. The van der Waals surface area contributed by atoms with Gasteiger partial charge in [0.2, 0.25) is 0 Å². The third-order valence-corrected chi connectivity index (χ3v) is 3.07. The van der Waals surface area contributed by atoms with E-state index < -0.39 is 0 Å². The number of hydrogen-bond donors (Lipinski definition) is 1. The molecule has 1 unspecified atom stereocenters. The molecule has 0 aliphatic heterocycles. The van der Waals surface area contributed by atoms with E-state index in [9.17, 15) is 0 Å². The molecular formula is C12H14BrN3O. The minimum absolute atomic E-state index is 0.0134. The third kappa shape index (κ3) is 2.92. The number of hydrogen-bond acceptors (Lipinski definition) is 4. The van der Waals surface area contributed by atoms with Gasteiger partial charge < -0.3 is 9.73 Å². The normalized spacial score (nSPS) is 12.6. The SMILES string of the molecule is CCCNC(c1cncnc1)c1occc1Br. The van der Waals surface area contributed by atoms with Gasteiger partial charge in [-0.3, -0.25) is 0 Å². The zero-order valence-electron chi connectivity index (χ0n) is 9.56. The quantitative estimate of drug-likeness (QED) is 0.921. The van der Waals surface area contributed by atoms with Gasteiger partial charge in [-0.2, -0.15) is 0 Å². The summed E-state index contributed by atoms with van der Waals surface area (Å²) in [5.41, 5.74) is 0.997. The van der Waals surface area contributed by atoms with Crippen molar-refractivity contribution in [2.45, 2.75) is 19.4 Å². The molecule has 0 fully saturated rings. The van der Waals surface area contributed by atoms with E-state index in [4.69, 9.17) is 4.42 Å². The second kappa shape index (κ2) is 5.93. The molecule has 0 aliphatic rings. The topological polar surface area (TPSA) is 51.0 Å². The summed E-state index contributed by atoms with van der Waals surface area (Å²) >= 11 is 3.48. The van der Waals surface area contributed by atoms with E-state index >= 15 is 0 Å². The number of rotatable bonds is 5. The van der Waals surface area contributed by atoms with Crippen LogP contribution in [-0.4, -0.2) is 16.5 Å². The lowest BCUT2D eigenvalue weighted by molar-refractivity contribution is 0.443. The molecule has 0 saturated heterocycles. The van der Waals surface area contributed by atoms with E-state index in [2.05, 4.69) is 38.1 Å². The standard InChI is InChI=1S/C12H14BrN3O/c1-2-4-16-11(9-6-14-8-15-7-9)12-10(13)3-5-17-12/h3,5-8,11,16H,2,4H2,1H3. The Morgan fingerprint density at radius 1 is 1.41 bits per heavy atom. The fourth-order valence-corrected chi connectivity index (χ4v) is 2.05. The van der Waals surface area contributed by atoms with Gasteiger partial charge in [-0.1, -0.05) is 6.92 Å². The Morgan fingerprint density at radius 2 is 2.18 bits per heavy atom. The molecule has 1 N–H and O–H groups in total. The highest BCUT2D eigenvalue weighted by molar-refractivity contribution is 9.10. The van der Waals surface area contributed by atoms with Gasteiger partial charge in [0.05, 0.1) is 16.8 Å². The van der Waals surface area contributed by atoms with Crippen molar-refractivity contribution in [3.8, 4) is 0 Å². The number of nitrogens with one attached hydrogen (secondary N) is 1. The maximum absolute atomic E-state index is 5.51. The molecule has 2 heterocycles. The van der Waals surface area contributed by atoms with E-state index in [1.165, 1.54) is 6.33 Å². The molecule has 4 nitrogen and oxygen atoms in total. The lowest BCUT2D eigenvalue weighted by atomic mass is 10.1. The van der Waals surface area contributed by atoms with Crippen molar-refractivity contribution in [1.29, 1.82) is 0 Å². The minimum Gasteiger partial charge on any atom is -0.466 e. The Bertz CT molecular complexity index is 458. The molecule has 2 aromatic rings. The average molecular weight is 296 g/mol. The van der Waals surface area contributed by atoms with Crippen LogP contribution in [0.25, 0.3) is 0 Å². The highest BCUT2D eigenvalue weighted by Crippen LogP contribution is 2.28. The van der Waals surface area contributed by atoms with Crippen molar-refractivity contribution in [2.24, 2.45) is 0 Å². The van der Waals surface area contributed by atoms with E-state index in [1.807, 2.05) is 6.07 Å². The second-order valence-corrected chi connectivity index (χ2v) is 4.55. The second-order valence-electron chi connectivity index (χ2n) is 3.69. The molecule has 17 heavy (non-hydrogen) atoms. The van der Waals surface area contributed by atoms with Crippen molar-refractivity contribution < 1.29 is 4.42 Å². The van der Waals surface area contributed by atoms with Crippen LogP contribution in [0.4, 0.5) is 0 Å². The molecule has 0 aromatic carbocycles. The van der Waals surface area contributed by atoms with Gasteiger partial charge >= 0.3 is 0 Å². The summed E-state index contributed by atoms with van der Waals surface area (Å²) in [5, 5.41) is 3.43. The largest absolute Gasteiger partial charge is 0.466 e. The molecule has 5 heteroatoms.